The van der Waals surface area contributed by atoms with Gasteiger partial charge in [-0.25, -0.2) is 4.79 Å². The highest BCUT2D eigenvalue weighted by molar-refractivity contribution is 7.80. The largest absolute Gasteiger partial charge is 0.478 e. The normalized spacial score (nSPS) is 15.2. The van der Waals surface area contributed by atoms with E-state index in [-0.39, 0.29) is 5.56 Å². The van der Waals surface area contributed by atoms with Gasteiger partial charge in [0.1, 0.15) is 0 Å². The highest BCUT2D eigenvalue weighted by atomic mass is 32.1. The predicted octanol–water partition coefficient (Wildman–Crippen LogP) is 1.08. The van der Waals surface area contributed by atoms with Gasteiger partial charge in [0.25, 0.3) is 0 Å². The lowest BCUT2D eigenvalue weighted by Crippen LogP contribution is -2.27. The summed E-state index contributed by atoms with van der Waals surface area (Å²) in [6.07, 6.45) is 0. The monoisotopic (exact) mass is 222 g/mol. The minimum Gasteiger partial charge on any atom is -0.478 e. The van der Waals surface area contributed by atoms with Gasteiger partial charge < -0.3 is 15.3 Å². The number of hydrogen-bond acceptors (Lipinski definition) is 2. The van der Waals surface area contributed by atoms with E-state index in [4.69, 9.17) is 17.3 Å². The first-order chi connectivity index (χ1) is 7.18. The van der Waals surface area contributed by atoms with E-state index < -0.39 is 5.97 Å². The molecule has 1 fully saturated rings. The zero-order valence-corrected chi connectivity index (χ0v) is 8.75. The molecule has 1 heterocycles. The number of benzene rings is 1. The van der Waals surface area contributed by atoms with Crippen LogP contribution in [0.1, 0.15) is 10.4 Å². The van der Waals surface area contributed by atoms with Crippen molar-refractivity contribution in [2.75, 3.05) is 18.0 Å². The lowest BCUT2D eigenvalue weighted by molar-refractivity contribution is 0.0697. The van der Waals surface area contributed by atoms with Crippen molar-refractivity contribution < 1.29 is 9.90 Å². The molecule has 15 heavy (non-hydrogen) atoms. The molecule has 78 valence electrons. The zero-order chi connectivity index (χ0) is 10.8. The molecule has 1 saturated heterocycles. The molecule has 0 unspecified atom stereocenters. The van der Waals surface area contributed by atoms with Crippen molar-refractivity contribution in [2.24, 2.45) is 0 Å². The number of rotatable bonds is 2. The smallest absolute Gasteiger partial charge is 0.335 e. The standard InChI is InChI=1S/C10H10N2O2S/c13-9(14)7-2-1-3-8(6-7)12-5-4-11-10(12)15/h1-3,6H,4-5H2,(H,11,15)(H,13,14). The minimum atomic E-state index is -0.921. The first-order valence-electron chi connectivity index (χ1n) is 4.57. The molecule has 0 atom stereocenters. The van der Waals surface area contributed by atoms with Crippen molar-refractivity contribution >= 4 is 29.0 Å². The van der Waals surface area contributed by atoms with E-state index in [1.807, 2.05) is 11.0 Å². The molecule has 2 N–H and O–H groups in total. The van der Waals surface area contributed by atoms with Gasteiger partial charge in [0.15, 0.2) is 5.11 Å². The van der Waals surface area contributed by atoms with Crippen molar-refractivity contribution in [3.8, 4) is 0 Å². The van der Waals surface area contributed by atoms with Crippen molar-refractivity contribution in [2.45, 2.75) is 0 Å². The van der Waals surface area contributed by atoms with E-state index >= 15 is 0 Å². The molecule has 5 heteroatoms. The Bertz CT molecular complexity index is 420. The van der Waals surface area contributed by atoms with Crippen LogP contribution in [-0.2, 0) is 0 Å². The number of anilines is 1. The molecule has 0 spiro atoms. The summed E-state index contributed by atoms with van der Waals surface area (Å²) in [4.78, 5) is 12.7. The molecular weight excluding hydrogens is 212 g/mol. The highest BCUT2D eigenvalue weighted by Crippen LogP contribution is 2.18. The lowest BCUT2D eigenvalue weighted by Gasteiger charge is -2.16. The molecule has 1 aromatic rings. The quantitative estimate of drug-likeness (QED) is 0.733. The maximum Gasteiger partial charge on any atom is 0.335 e. The second-order valence-corrected chi connectivity index (χ2v) is 3.63. The van der Waals surface area contributed by atoms with Gasteiger partial charge in [-0.3, -0.25) is 0 Å². The van der Waals surface area contributed by atoms with Crippen LogP contribution in [0.4, 0.5) is 5.69 Å². The summed E-state index contributed by atoms with van der Waals surface area (Å²) in [5.41, 5.74) is 1.10. The number of hydrogen-bond donors (Lipinski definition) is 2. The third kappa shape index (κ3) is 1.92. The van der Waals surface area contributed by atoms with Crippen LogP contribution in [0, 0.1) is 0 Å². The SMILES string of the molecule is O=C(O)c1cccc(N2CCNC2=S)c1. The van der Waals surface area contributed by atoms with Gasteiger partial charge >= 0.3 is 5.97 Å². The number of carbonyl (C=O) groups is 1. The van der Waals surface area contributed by atoms with E-state index in [0.29, 0.717) is 5.11 Å². The second-order valence-electron chi connectivity index (χ2n) is 3.24. The molecule has 2 rings (SSSR count). The van der Waals surface area contributed by atoms with Gasteiger partial charge in [0.2, 0.25) is 0 Å². The zero-order valence-electron chi connectivity index (χ0n) is 7.93. The topological polar surface area (TPSA) is 52.6 Å². The number of carboxylic acids is 1. The average Bonchev–Trinajstić information content (AvgIpc) is 2.64. The summed E-state index contributed by atoms with van der Waals surface area (Å²) in [5.74, 6) is -0.921. The van der Waals surface area contributed by atoms with Crippen LogP contribution in [0.25, 0.3) is 0 Å². The summed E-state index contributed by atoms with van der Waals surface area (Å²) in [6.45, 7) is 1.58. The molecule has 4 nitrogen and oxygen atoms in total. The van der Waals surface area contributed by atoms with Gasteiger partial charge in [0.05, 0.1) is 5.56 Å². The van der Waals surface area contributed by atoms with Crippen molar-refractivity contribution in [1.29, 1.82) is 0 Å². The summed E-state index contributed by atoms with van der Waals surface area (Å²) in [6, 6.07) is 6.77. The first-order valence-corrected chi connectivity index (χ1v) is 4.98. The number of thiocarbonyl (C=S) groups is 1. The number of aromatic carboxylic acids is 1. The van der Waals surface area contributed by atoms with Crippen molar-refractivity contribution in [3.05, 3.63) is 29.8 Å². The van der Waals surface area contributed by atoms with E-state index in [0.717, 1.165) is 18.8 Å². The van der Waals surface area contributed by atoms with Crippen molar-refractivity contribution in [1.82, 2.24) is 5.32 Å². The Balaban J connectivity index is 2.32. The molecule has 1 aliphatic rings. The molecule has 1 aliphatic heterocycles. The Labute approximate surface area is 92.5 Å². The van der Waals surface area contributed by atoms with Gasteiger partial charge in [-0.15, -0.1) is 0 Å². The lowest BCUT2D eigenvalue weighted by atomic mass is 10.2. The molecule has 0 saturated carbocycles. The van der Waals surface area contributed by atoms with Crippen LogP contribution in [0.5, 0.6) is 0 Å². The Kier molecular flexibility index (Phi) is 2.55. The minimum absolute atomic E-state index is 0.280. The predicted molar refractivity (Wildman–Crippen MR) is 61.3 cm³/mol. The van der Waals surface area contributed by atoms with E-state index in [2.05, 4.69) is 5.32 Å². The van der Waals surface area contributed by atoms with Crippen LogP contribution in [0.2, 0.25) is 0 Å². The molecule has 1 aromatic carbocycles. The highest BCUT2D eigenvalue weighted by Gasteiger charge is 2.18. The van der Waals surface area contributed by atoms with Crippen LogP contribution < -0.4 is 10.2 Å². The average molecular weight is 222 g/mol. The molecule has 0 aliphatic carbocycles. The van der Waals surface area contributed by atoms with Crippen LogP contribution in [0.15, 0.2) is 24.3 Å². The van der Waals surface area contributed by atoms with Gasteiger partial charge in [0, 0.05) is 18.8 Å². The molecule has 0 aromatic heterocycles. The van der Waals surface area contributed by atoms with Gasteiger partial charge in [-0.2, -0.15) is 0 Å². The summed E-state index contributed by atoms with van der Waals surface area (Å²) < 4.78 is 0. The maximum absolute atomic E-state index is 10.8. The summed E-state index contributed by atoms with van der Waals surface area (Å²) in [5, 5.41) is 12.5. The van der Waals surface area contributed by atoms with Gasteiger partial charge in [-0.1, -0.05) is 6.07 Å². The number of nitrogens with one attached hydrogen (secondary N) is 1. The molecular formula is C10H10N2O2S. The fourth-order valence-electron chi connectivity index (χ4n) is 1.52. The maximum atomic E-state index is 10.8. The first kappa shape index (κ1) is 9.92. The van der Waals surface area contributed by atoms with Crippen LogP contribution in [-0.4, -0.2) is 29.3 Å². The van der Waals surface area contributed by atoms with Crippen LogP contribution in [0.3, 0.4) is 0 Å². The Morgan fingerprint density at radius 3 is 2.93 bits per heavy atom. The number of nitrogens with zero attached hydrogens (tertiary/aromatic N) is 1. The molecule has 0 radical (unpaired) electrons. The Hall–Kier alpha value is -1.62. The van der Waals surface area contributed by atoms with Gasteiger partial charge in [-0.05, 0) is 30.4 Å². The third-order valence-corrected chi connectivity index (χ3v) is 2.63. The third-order valence-electron chi connectivity index (χ3n) is 2.26. The summed E-state index contributed by atoms with van der Waals surface area (Å²) >= 11 is 5.10. The Morgan fingerprint density at radius 1 is 1.53 bits per heavy atom. The van der Waals surface area contributed by atoms with Crippen molar-refractivity contribution in [3.63, 3.8) is 0 Å². The molecule has 0 amide bonds. The molecule has 0 bridgehead atoms. The fourth-order valence-corrected chi connectivity index (χ4v) is 1.82. The fraction of sp³-hybridized carbons (Fsp3) is 0.200. The second kappa shape index (κ2) is 3.86. The van der Waals surface area contributed by atoms with Crippen LogP contribution >= 0.6 is 12.2 Å². The van der Waals surface area contributed by atoms with E-state index in [1.165, 1.54) is 0 Å². The Morgan fingerprint density at radius 2 is 2.33 bits per heavy atom. The summed E-state index contributed by atoms with van der Waals surface area (Å²) in [7, 11) is 0. The number of carboxylic acid groups (broad SMARTS) is 1. The van der Waals surface area contributed by atoms with E-state index in [1.54, 1.807) is 18.2 Å². The van der Waals surface area contributed by atoms with E-state index in [9.17, 15) is 4.79 Å².